The molecule has 0 N–H and O–H groups in total. The van der Waals surface area contributed by atoms with Crippen molar-refractivity contribution >= 4 is 5.97 Å². The number of esters is 1. The van der Waals surface area contributed by atoms with E-state index in [1.165, 1.54) is 0 Å². The second kappa shape index (κ2) is 7.38. The smallest absolute Gasteiger partial charge is 0.404 e. The monoisotopic (exact) mass is 342 g/mol. The van der Waals surface area contributed by atoms with Gasteiger partial charge in [0.15, 0.2) is 5.92 Å². The van der Waals surface area contributed by atoms with E-state index in [0.29, 0.717) is 12.1 Å². The molecule has 0 aliphatic rings. The van der Waals surface area contributed by atoms with E-state index in [1.54, 1.807) is 0 Å². The summed E-state index contributed by atoms with van der Waals surface area (Å²) in [7, 11) is 0. The van der Waals surface area contributed by atoms with E-state index in [9.17, 15) is 31.1 Å². The third-order valence-electron chi connectivity index (χ3n) is 2.63. The molecular weight excluding hydrogens is 330 g/mol. The number of carbonyl (C=O) groups excluding carboxylic acids is 1. The molecule has 128 valence electrons. The summed E-state index contributed by atoms with van der Waals surface area (Å²) in [5, 5.41) is 0. The van der Waals surface area contributed by atoms with Gasteiger partial charge in [-0.1, -0.05) is 18.7 Å². The largest absolute Gasteiger partial charge is 0.490 e. The zero-order chi connectivity index (χ0) is 17.7. The van der Waals surface area contributed by atoms with Crippen LogP contribution in [0.2, 0.25) is 0 Å². The fraction of sp³-hybridized carbons (Fsp3) is 0.357. The van der Waals surface area contributed by atoms with Crippen LogP contribution in [0, 0.1) is 0 Å². The maximum atomic E-state index is 12.6. The summed E-state index contributed by atoms with van der Waals surface area (Å²) in [6.07, 6.45) is -9.96. The summed E-state index contributed by atoms with van der Waals surface area (Å²) in [6.45, 7) is 2.92. The van der Waals surface area contributed by atoms with Crippen LogP contribution in [0.3, 0.4) is 0 Å². The minimum absolute atomic E-state index is 0.0477. The van der Waals surface area contributed by atoms with Gasteiger partial charge in [-0.15, -0.1) is 0 Å². The molecular formula is C14H12F6O3. The number of halogens is 6. The highest BCUT2D eigenvalue weighted by Crippen LogP contribution is 2.46. The first-order valence-corrected chi connectivity index (χ1v) is 6.21. The summed E-state index contributed by atoms with van der Waals surface area (Å²) < 4.78 is 84.9. The van der Waals surface area contributed by atoms with Crippen LogP contribution in [-0.2, 0) is 9.53 Å². The normalized spacial score (nSPS) is 12.1. The highest BCUT2D eigenvalue weighted by atomic mass is 19.4. The number of rotatable bonds is 6. The molecule has 0 aromatic heterocycles. The van der Waals surface area contributed by atoms with E-state index in [1.807, 2.05) is 0 Å². The van der Waals surface area contributed by atoms with Crippen molar-refractivity contribution < 1.29 is 40.6 Å². The van der Waals surface area contributed by atoms with Crippen LogP contribution in [0.15, 0.2) is 36.9 Å². The molecule has 3 nitrogen and oxygen atoms in total. The maximum absolute atomic E-state index is 12.6. The Kier molecular flexibility index (Phi) is 6.05. The van der Waals surface area contributed by atoms with Gasteiger partial charge in [-0.2, -0.15) is 26.3 Å². The molecule has 0 amide bonds. The molecule has 0 aliphatic heterocycles. The molecule has 0 spiro atoms. The molecule has 0 radical (unpaired) electrons. The average molecular weight is 342 g/mol. The lowest BCUT2D eigenvalue weighted by molar-refractivity contribution is -0.253. The second-order valence-electron chi connectivity index (χ2n) is 4.31. The Morgan fingerprint density at radius 3 is 2.00 bits per heavy atom. The van der Waals surface area contributed by atoms with Crippen LogP contribution in [0.1, 0.15) is 11.5 Å². The molecule has 9 heteroatoms. The number of hydrogen-bond donors (Lipinski definition) is 0. The molecule has 0 atom stereocenters. The lowest BCUT2D eigenvalue weighted by atomic mass is 9.98. The molecule has 0 unspecified atom stereocenters. The van der Waals surface area contributed by atoms with Crippen LogP contribution in [0.5, 0.6) is 5.75 Å². The third-order valence-corrected chi connectivity index (χ3v) is 2.63. The zero-order valence-corrected chi connectivity index (χ0v) is 11.6. The number of benzene rings is 1. The van der Waals surface area contributed by atoms with Crippen LogP contribution in [-0.4, -0.2) is 31.5 Å². The predicted octanol–water partition coefficient (Wildman–Crippen LogP) is 4.00. The minimum Gasteiger partial charge on any atom is -0.490 e. The molecule has 0 heterocycles. The number of hydrogen-bond acceptors (Lipinski definition) is 3. The van der Waals surface area contributed by atoms with Crippen LogP contribution < -0.4 is 4.74 Å². The standard InChI is InChI=1S/C14H12F6O3/c1-2-11(21)23-8-7-22-10-5-3-9(4-6-10)12(13(15,16)17)14(18,19)20/h2-6,12H,1,7-8H2. The van der Waals surface area contributed by atoms with Crippen molar-refractivity contribution in [3.63, 3.8) is 0 Å². The Balaban J connectivity index is 2.71. The highest BCUT2D eigenvalue weighted by molar-refractivity contribution is 5.81. The molecule has 23 heavy (non-hydrogen) atoms. The summed E-state index contributed by atoms with van der Waals surface area (Å²) in [5.74, 6) is -4.19. The van der Waals surface area contributed by atoms with E-state index in [4.69, 9.17) is 4.74 Å². The fourth-order valence-corrected chi connectivity index (χ4v) is 1.68. The molecule has 0 saturated heterocycles. The molecule has 0 aliphatic carbocycles. The fourth-order valence-electron chi connectivity index (χ4n) is 1.68. The van der Waals surface area contributed by atoms with Gasteiger partial charge in [0.05, 0.1) is 0 Å². The van der Waals surface area contributed by atoms with Gasteiger partial charge in [-0.05, 0) is 17.7 Å². The van der Waals surface area contributed by atoms with Gasteiger partial charge < -0.3 is 9.47 Å². The zero-order valence-electron chi connectivity index (χ0n) is 11.6. The van der Waals surface area contributed by atoms with Crippen LogP contribution >= 0.6 is 0 Å². The summed E-state index contributed by atoms with van der Waals surface area (Å²) in [5.41, 5.74) is -0.935. The van der Waals surface area contributed by atoms with Crippen LogP contribution in [0.25, 0.3) is 0 Å². The molecule has 1 rings (SSSR count). The summed E-state index contributed by atoms with van der Waals surface area (Å²) in [6, 6.07) is 3.34. The van der Waals surface area contributed by atoms with Gasteiger partial charge in [0.1, 0.15) is 19.0 Å². The van der Waals surface area contributed by atoms with Gasteiger partial charge >= 0.3 is 18.3 Å². The van der Waals surface area contributed by atoms with Crippen molar-refractivity contribution in [1.82, 2.24) is 0 Å². The summed E-state index contributed by atoms with van der Waals surface area (Å²) >= 11 is 0. The quantitative estimate of drug-likeness (QED) is 0.339. The van der Waals surface area contributed by atoms with Crippen molar-refractivity contribution in [2.45, 2.75) is 18.3 Å². The Labute approximate surface area is 127 Å². The molecule has 1 aromatic rings. The number of ether oxygens (including phenoxy) is 2. The molecule has 1 aromatic carbocycles. The topological polar surface area (TPSA) is 35.5 Å². The Hall–Kier alpha value is -2.19. The van der Waals surface area contributed by atoms with Gasteiger partial charge in [0.2, 0.25) is 0 Å². The van der Waals surface area contributed by atoms with E-state index < -0.39 is 29.8 Å². The molecule has 0 bridgehead atoms. The van der Waals surface area contributed by atoms with Crippen molar-refractivity contribution in [2.75, 3.05) is 13.2 Å². The highest BCUT2D eigenvalue weighted by Gasteiger charge is 2.57. The van der Waals surface area contributed by atoms with Gasteiger partial charge in [0, 0.05) is 6.08 Å². The predicted molar refractivity (Wildman–Crippen MR) is 67.9 cm³/mol. The first-order valence-electron chi connectivity index (χ1n) is 6.21. The Morgan fingerprint density at radius 2 is 1.57 bits per heavy atom. The third kappa shape index (κ3) is 5.84. The van der Waals surface area contributed by atoms with Gasteiger partial charge in [-0.25, -0.2) is 4.79 Å². The van der Waals surface area contributed by atoms with E-state index in [-0.39, 0.29) is 19.0 Å². The SMILES string of the molecule is C=CC(=O)OCCOc1ccc(C(C(F)(F)F)C(F)(F)F)cc1. The number of carbonyl (C=O) groups is 1. The summed E-state index contributed by atoms with van der Waals surface area (Å²) in [4.78, 5) is 10.7. The maximum Gasteiger partial charge on any atom is 0.404 e. The van der Waals surface area contributed by atoms with E-state index >= 15 is 0 Å². The first kappa shape index (κ1) is 18.9. The van der Waals surface area contributed by atoms with Crippen molar-refractivity contribution in [2.24, 2.45) is 0 Å². The van der Waals surface area contributed by atoms with Crippen molar-refractivity contribution in [3.8, 4) is 5.75 Å². The number of alkyl halides is 6. The first-order chi connectivity index (χ1) is 10.6. The van der Waals surface area contributed by atoms with Crippen LogP contribution in [0.4, 0.5) is 26.3 Å². The molecule has 0 saturated carbocycles. The average Bonchev–Trinajstić information content (AvgIpc) is 2.42. The minimum atomic E-state index is -5.44. The van der Waals surface area contributed by atoms with Gasteiger partial charge in [0.25, 0.3) is 0 Å². The Bertz CT molecular complexity index is 519. The lowest BCUT2D eigenvalue weighted by Crippen LogP contribution is -2.34. The van der Waals surface area contributed by atoms with E-state index in [2.05, 4.69) is 11.3 Å². The van der Waals surface area contributed by atoms with Crippen molar-refractivity contribution in [1.29, 1.82) is 0 Å². The lowest BCUT2D eigenvalue weighted by Gasteiger charge is -2.23. The molecule has 0 fully saturated rings. The van der Waals surface area contributed by atoms with E-state index in [0.717, 1.165) is 18.2 Å². The second-order valence-corrected chi connectivity index (χ2v) is 4.31. The van der Waals surface area contributed by atoms with Crippen molar-refractivity contribution in [3.05, 3.63) is 42.5 Å². The Morgan fingerprint density at radius 1 is 1.04 bits per heavy atom. The van der Waals surface area contributed by atoms with Gasteiger partial charge in [-0.3, -0.25) is 0 Å².